The quantitative estimate of drug-likeness (QED) is 0.675. The first-order valence-electron chi connectivity index (χ1n) is 6.13. The molecular weight excluding hydrogens is 292 g/mol. The molecular formula is C14H14N2O4S. The van der Waals surface area contributed by atoms with E-state index in [1.807, 2.05) is 30.3 Å². The number of rotatable bonds is 5. The number of carbonyl (C=O) groups is 2. The third-order valence-electron chi connectivity index (χ3n) is 2.48. The second-order valence-corrected chi connectivity index (χ2v) is 5.00. The molecule has 6 nitrogen and oxygen atoms in total. The van der Waals surface area contributed by atoms with Gasteiger partial charge in [0.05, 0.1) is 7.11 Å². The summed E-state index contributed by atoms with van der Waals surface area (Å²) in [6.07, 6.45) is 0. The lowest BCUT2D eigenvalue weighted by Crippen LogP contribution is -2.07. The van der Waals surface area contributed by atoms with Crippen LogP contribution in [-0.2, 0) is 14.3 Å². The van der Waals surface area contributed by atoms with Crippen LogP contribution < -0.4 is 5.32 Å². The van der Waals surface area contributed by atoms with Crippen LogP contribution >= 0.6 is 11.8 Å². The summed E-state index contributed by atoms with van der Waals surface area (Å²) in [6.45, 7) is 1.39. The Morgan fingerprint density at radius 1 is 1.33 bits per heavy atom. The van der Waals surface area contributed by atoms with Crippen molar-refractivity contribution < 1.29 is 18.7 Å². The number of oxazole rings is 1. The van der Waals surface area contributed by atoms with Crippen molar-refractivity contribution in [2.45, 2.75) is 12.1 Å². The Labute approximate surface area is 125 Å². The van der Waals surface area contributed by atoms with Gasteiger partial charge in [-0.3, -0.25) is 9.59 Å². The molecule has 0 saturated carbocycles. The smallest absolute Gasteiger partial charge is 0.316 e. The topological polar surface area (TPSA) is 81.4 Å². The maximum absolute atomic E-state index is 11.2. The molecule has 1 aromatic carbocycles. The lowest BCUT2D eigenvalue weighted by Gasteiger charge is -2.00. The number of nitrogens with zero attached hydrogens (tertiary/aromatic N) is 1. The lowest BCUT2D eigenvalue weighted by atomic mass is 10.2. The van der Waals surface area contributed by atoms with E-state index >= 15 is 0 Å². The Morgan fingerprint density at radius 3 is 2.67 bits per heavy atom. The normalized spacial score (nSPS) is 10.2. The Hall–Kier alpha value is -2.28. The van der Waals surface area contributed by atoms with Gasteiger partial charge < -0.3 is 14.5 Å². The maximum atomic E-state index is 11.2. The molecule has 0 unspecified atom stereocenters. The van der Waals surface area contributed by atoms with E-state index in [1.54, 1.807) is 0 Å². The van der Waals surface area contributed by atoms with Gasteiger partial charge in [-0.25, -0.2) is 0 Å². The standard InChI is InChI=1S/C14H14N2O4S/c1-9(17)15-13-12(10-6-4-3-5-7-10)20-14(16-13)21-8-11(18)19-2/h3-7H,8H2,1-2H3,(H,15,17). The molecule has 2 aromatic rings. The van der Waals surface area contributed by atoms with Gasteiger partial charge in [-0.2, -0.15) is 4.98 Å². The molecule has 1 N–H and O–H groups in total. The monoisotopic (exact) mass is 306 g/mol. The third kappa shape index (κ3) is 4.09. The van der Waals surface area contributed by atoms with Gasteiger partial charge in [0.15, 0.2) is 11.6 Å². The van der Waals surface area contributed by atoms with Crippen molar-refractivity contribution in [2.75, 3.05) is 18.2 Å². The van der Waals surface area contributed by atoms with Crippen LogP contribution in [0.25, 0.3) is 11.3 Å². The number of methoxy groups -OCH3 is 1. The molecule has 0 spiro atoms. The summed E-state index contributed by atoms with van der Waals surface area (Å²) in [5, 5.41) is 2.92. The van der Waals surface area contributed by atoms with Crippen molar-refractivity contribution in [1.82, 2.24) is 4.98 Å². The fourth-order valence-corrected chi connectivity index (χ4v) is 2.24. The van der Waals surface area contributed by atoms with Crippen LogP contribution in [0.1, 0.15) is 6.92 Å². The molecule has 1 aromatic heterocycles. The van der Waals surface area contributed by atoms with Crippen LogP contribution in [0.5, 0.6) is 0 Å². The average Bonchev–Trinajstić information content (AvgIpc) is 2.87. The molecule has 0 atom stereocenters. The van der Waals surface area contributed by atoms with Crippen molar-refractivity contribution in [3.63, 3.8) is 0 Å². The minimum atomic E-state index is -0.375. The van der Waals surface area contributed by atoms with Crippen LogP contribution in [0.4, 0.5) is 5.82 Å². The zero-order valence-electron chi connectivity index (χ0n) is 11.6. The second-order valence-electron chi connectivity index (χ2n) is 4.07. The van der Waals surface area contributed by atoms with Gasteiger partial charge in [0.25, 0.3) is 5.22 Å². The van der Waals surface area contributed by atoms with Crippen molar-refractivity contribution in [3.05, 3.63) is 30.3 Å². The Bertz CT molecular complexity index is 640. The van der Waals surface area contributed by atoms with Crippen molar-refractivity contribution in [2.24, 2.45) is 0 Å². The van der Waals surface area contributed by atoms with E-state index in [2.05, 4.69) is 15.0 Å². The van der Waals surface area contributed by atoms with Crippen LogP contribution in [0, 0.1) is 0 Å². The van der Waals surface area contributed by atoms with E-state index in [4.69, 9.17) is 4.42 Å². The Balaban J connectivity index is 2.27. The highest BCUT2D eigenvalue weighted by atomic mass is 32.2. The molecule has 0 bridgehead atoms. The molecule has 0 aliphatic rings. The number of hydrogen-bond acceptors (Lipinski definition) is 6. The van der Waals surface area contributed by atoms with E-state index < -0.39 is 0 Å². The Morgan fingerprint density at radius 2 is 2.05 bits per heavy atom. The van der Waals surface area contributed by atoms with Gasteiger partial charge in [-0.1, -0.05) is 42.1 Å². The van der Waals surface area contributed by atoms with E-state index in [0.29, 0.717) is 16.8 Å². The van der Waals surface area contributed by atoms with E-state index in [9.17, 15) is 9.59 Å². The Kier molecular flexibility index (Phi) is 4.99. The maximum Gasteiger partial charge on any atom is 0.316 e. The van der Waals surface area contributed by atoms with Gasteiger partial charge in [0.1, 0.15) is 5.75 Å². The first-order chi connectivity index (χ1) is 10.1. The minimum Gasteiger partial charge on any atom is -0.468 e. The van der Waals surface area contributed by atoms with Crippen LogP contribution in [-0.4, -0.2) is 29.7 Å². The van der Waals surface area contributed by atoms with E-state index in [-0.39, 0.29) is 17.6 Å². The van der Waals surface area contributed by atoms with E-state index in [1.165, 1.54) is 14.0 Å². The number of benzene rings is 1. The number of anilines is 1. The van der Waals surface area contributed by atoms with Gasteiger partial charge in [-0.15, -0.1) is 0 Å². The average molecular weight is 306 g/mol. The number of carbonyl (C=O) groups excluding carboxylic acids is 2. The predicted molar refractivity (Wildman–Crippen MR) is 79.0 cm³/mol. The van der Waals surface area contributed by atoms with Crippen molar-refractivity contribution in [1.29, 1.82) is 0 Å². The molecule has 0 fully saturated rings. The summed E-state index contributed by atoms with van der Waals surface area (Å²) in [7, 11) is 1.32. The highest BCUT2D eigenvalue weighted by molar-refractivity contribution is 7.99. The zero-order valence-corrected chi connectivity index (χ0v) is 12.4. The summed E-state index contributed by atoms with van der Waals surface area (Å²) in [5.41, 5.74) is 0.790. The third-order valence-corrected chi connectivity index (χ3v) is 3.28. The largest absolute Gasteiger partial charge is 0.468 e. The van der Waals surface area contributed by atoms with E-state index in [0.717, 1.165) is 17.3 Å². The molecule has 0 aliphatic heterocycles. The summed E-state index contributed by atoms with van der Waals surface area (Å²) in [4.78, 5) is 26.6. The summed E-state index contributed by atoms with van der Waals surface area (Å²) < 4.78 is 10.2. The molecule has 7 heteroatoms. The fourth-order valence-electron chi connectivity index (χ4n) is 1.58. The molecule has 2 rings (SSSR count). The number of aromatic nitrogens is 1. The zero-order chi connectivity index (χ0) is 15.2. The number of ether oxygens (including phenoxy) is 1. The van der Waals surface area contributed by atoms with Crippen molar-refractivity contribution >= 4 is 29.5 Å². The molecule has 0 radical (unpaired) electrons. The minimum absolute atomic E-state index is 0.0881. The van der Waals surface area contributed by atoms with Gasteiger partial charge >= 0.3 is 5.97 Å². The lowest BCUT2D eigenvalue weighted by molar-refractivity contribution is -0.137. The molecule has 21 heavy (non-hydrogen) atoms. The number of amides is 1. The predicted octanol–water partition coefficient (Wildman–Crippen LogP) is 2.57. The second kappa shape index (κ2) is 6.94. The molecule has 110 valence electrons. The molecule has 0 aliphatic carbocycles. The highest BCUT2D eigenvalue weighted by Crippen LogP contribution is 2.32. The summed E-state index contributed by atoms with van der Waals surface area (Å²) in [6, 6.07) is 9.29. The van der Waals surface area contributed by atoms with Gasteiger partial charge in [-0.05, 0) is 0 Å². The van der Waals surface area contributed by atoms with Gasteiger partial charge in [0, 0.05) is 12.5 Å². The number of hydrogen-bond donors (Lipinski definition) is 1. The molecule has 1 amide bonds. The van der Waals surface area contributed by atoms with Crippen LogP contribution in [0.15, 0.2) is 40.0 Å². The van der Waals surface area contributed by atoms with Crippen LogP contribution in [0.2, 0.25) is 0 Å². The first-order valence-corrected chi connectivity index (χ1v) is 7.12. The number of esters is 1. The van der Waals surface area contributed by atoms with Crippen molar-refractivity contribution in [3.8, 4) is 11.3 Å². The highest BCUT2D eigenvalue weighted by Gasteiger charge is 2.17. The summed E-state index contributed by atoms with van der Waals surface area (Å²) >= 11 is 1.11. The molecule has 0 saturated heterocycles. The fraction of sp³-hybridized carbons (Fsp3) is 0.214. The van der Waals surface area contributed by atoms with Gasteiger partial charge in [0.2, 0.25) is 5.91 Å². The van der Waals surface area contributed by atoms with Crippen LogP contribution in [0.3, 0.4) is 0 Å². The first kappa shape index (κ1) is 15.1. The SMILES string of the molecule is COC(=O)CSc1nc(NC(C)=O)c(-c2ccccc2)o1. The summed E-state index contributed by atoms with van der Waals surface area (Å²) in [5.74, 6) is 0.259. The number of nitrogens with one attached hydrogen (secondary N) is 1. The molecule has 1 heterocycles. The number of thioether (sulfide) groups is 1.